The third kappa shape index (κ3) is 5.87. The third-order valence-corrected chi connectivity index (χ3v) is 3.07. The average Bonchev–Trinajstić information content (AvgIpc) is 2.35. The molecular weight excluding hydrogens is 311 g/mol. The summed E-state index contributed by atoms with van der Waals surface area (Å²) in [7, 11) is 0. The van der Waals surface area contributed by atoms with Crippen LogP contribution in [0.3, 0.4) is 0 Å². The molecular formula is C12H14F3NO2S2. The molecule has 0 fully saturated rings. The highest BCUT2D eigenvalue weighted by atomic mass is 32.2. The monoisotopic (exact) mass is 325 g/mol. The molecule has 0 radical (unpaired) electrons. The maximum atomic E-state index is 12.0. The number of nitrogens with two attached hydrogens (primary N) is 1. The first-order chi connectivity index (χ1) is 9.33. The zero-order valence-electron chi connectivity index (χ0n) is 10.7. The van der Waals surface area contributed by atoms with Crippen LogP contribution in [0.25, 0.3) is 0 Å². The summed E-state index contributed by atoms with van der Waals surface area (Å²) < 4.78 is 46.6. The van der Waals surface area contributed by atoms with E-state index in [-0.39, 0.29) is 29.1 Å². The number of rotatable bonds is 7. The van der Waals surface area contributed by atoms with E-state index in [2.05, 4.69) is 0 Å². The lowest BCUT2D eigenvalue weighted by atomic mass is 10.2. The summed E-state index contributed by atoms with van der Waals surface area (Å²) in [4.78, 5) is 0.213. The first-order valence-corrected chi connectivity index (χ1v) is 7.13. The second kappa shape index (κ2) is 7.58. The molecule has 1 aromatic rings. The van der Waals surface area contributed by atoms with Gasteiger partial charge in [0, 0.05) is 11.3 Å². The molecule has 8 heteroatoms. The fourth-order valence-corrected chi connectivity index (χ4v) is 1.88. The molecule has 0 aliphatic rings. The third-order valence-electron chi connectivity index (χ3n) is 2.13. The summed E-state index contributed by atoms with van der Waals surface area (Å²) in [6, 6.07) is 4.83. The van der Waals surface area contributed by atoms with Gasteiger partial charge in [-0.3, -0.25) is 0 Å². The zero-order valence-corrected chi connectivity index (χ0v) is 12.3. The molecule has 0 atom stereocenters. The second-order valence-corrected chi connectivity index (χ2v) is 5.20. The summed E-state index contributed by atoms with van der Waals surface area (Å²) in [6.45, 7) is 2.11. The molecule has 0 aromatic heterocycles. The van der Waals surface area contributed by atoms with Gasteiger partial charge in [0.2, 0.25) is 0 Å². The van der Waals surface area contributed by atoms with Crippen molar-refractivity contribution in [3.05, 3.63) is 23.8 Å². The summed E-state index contributed by atoms with van der Waals surface area (Å²) in [5.74, 6) is 0.594. The van der Waals surface area contributed by atoms with Crippen LogP contribution in [0.5, 0.6) is 11.5 Å². The van der Waals surface area contributed by atoms with E-state index in [1.54, 1.807) is 25.1 Å². The highest BCUT2D eigenvalue weighted by Gasteiger charge is 2.27. The van der Waals surface area contributed by atoms with Crippen molar-refractivity contribution < 1.29 is 22.6 Å². The summed E-state index contributed by atoms with van der Waals surface area (Å²) >= 11 is 4.72. The van der Waals surface area contributed by atoms with Gasteiger partial charge in [-0.25, -0.2) is 0 Å². The van der Waals surface area contributed by atoms with E-state index in [1.165, 1.54) is 0 Å². The van der Waals surface area contributed by atoms with E-state index in [0.717, 1.165) is 0 Å². The van der Waals surface area contributed by atoms with E-state index < -0.39 is 5.51 Å². The fraction of sp³-hybridized carbons (Fsp3) is 0.417. The molecule has 0 aliphatic carbocycles. The van der Waals surface area contributed by atoms with Crippen LogP contribution in [0.15, 0.2) is 18.2 Å². The molecule has 0 spiro atoms. The van der Waals surface area contributed by atoms with Crippen LogP contribution in [-0.2, 0) is 0 Å². The van der Waals surface area contributed by atoms with Crippen LogP contribution < -0.4 is 15.2 Å². The number of ether oxygens (including phenoxy) is 2. The number of hydrogen-bond acceptors (Lipinski definition) is 4. The van der Waals surface area contributed by atoms with Gasteiger partial charge in [-0.15, -0.1) is 0 Å². The van der Waals surface area contributed by atoms with Gasteiger partial charge in [-0.2, -0.15) is 13.2 Å². The van der Waals surface area contributed by atoms with Crippen molar-refractivity contribution in [3.8, 4) is 11.5 Å². The van der Waals surface area contributed by atoms with Gasteiger partial charge in [0.1, 0.15) is 4.99 Å². The Morgan fingerprint density at radius 1 is 1.30 bits per heavy atom. The maximum Gasteiger partial charge on any atom is 0.441 e. The number of thioether (sulfide) groups is 1. The number of benzene rings is 1. The number of alkyl halides is 3. The SMILES string of the molecule is CCOc1cc(C(N)=S)ccc1OCCSC(F)(F)F. The van der Waals surface area contributed by atoms with Crippen molar-refractivity contribution in [2.45, 2.75) is 12.4 Å². The average molecular weight is 325 g/mol. The van der Waals surface area contributed by atoms with E-state index in [1.807, 2.05) is 0 Å². The quantitative estimate of drug-likeness (QED) is 0.615. The van der Waals surface area contributed by atoms with E-state index >= 15 is 0 Å². The first-order valence-electron chi connectivity index (χ1n) is 5.73. The molecule has 20 heavy (non-hydrogen) atoms. The van der Waals surface area contributed by atoms with Crippen LogP contribution in [0.1, 0.15) is 12.5 Å². The van der Waals surface area contributed by atoms with Crippen molar-refractivity contribution in [1.82, 2.24) is 0 Å². The molecule has 112 valence electrons. The summed E-state index contributed by atoms with van der Waals surface area (Å²) in [5, 5.41) is 0. The van der Waals surface area contributed by atoms with Crippen molar-refractivity contribution in [2.75, 3.05) is 19.0 Å². The van der Waals surface area contributed by atoms with Crippen LogP contribution in [0, 0.1) is 0 Å². The van der Waals surface area contributed by atoms with Crippen LogP contribution >= 0.6 is 24.0 Å². The predicted octanol–water partition coefficient (Wildman–Crippen LogP) is 3.35. The van der Waals surface area contributed by atoms with E-state index in [9.17, 15) is 13.2 Å². The Balaban J connectivity index is 2.66. The summed E-state index contributed by atoms with van der Waals surface area (Å²) in [5.41, 5.74) is 1.87. The topological polar surface area (TPSA) is 44.5 Å². The molecule has 2 N–H and O–H groups in total. The van der Waals surface area contributed by atoms with Crippen LogP contribution in [-0.4, -0.2) is 29.5 Å². The second-order valence-electron chi connectivity index (χ2n) is 3.60. The molecule has 0 unspecified atom stereocenters. The lowest BCUT2D eigenvalue weighted by Gasteiger charge is -2.13. The van der Waals surface area contributed by atoms with E-state index in [0.29, 0.717) is 23.7 Å². The Bertz CT molecular complexity index is 467. The van der Waals surface area contributed by atoms with Gasteiger partial charge in [-0.05, 0) is 36.9 Å². The van der Waals surface area contributed by atoms with E-state index in [4.69, 9.17) is 27.4 Å². The molecule has 0 bridgehead atoms. The van der Waals surface area contributed by atoms with Gasteiger partial charge in [-0.1, -0.05) is 12.2 Å². The Labute approximate surface area is 124 Å². The minimum atomic E-state index is -4.25. The van der Waals surface area contributed by atoms with Crippen LogP contribution in [0.2, 0.25) is 0 Å². The van der Waals surface area contributed by atoms with Crippen molar-refractivity contribution in [3.63, 3.8) is 0 Å². The molecule has 0 amide bonds. The minimum Gasteiger partial charge on any atom is -0.490 e. The zero-order chi connectivity index (χ0) is 15.2. The van der Waals surface area contributed by atoms with Crippen LogP contribution in [0.4, 0.5) is 13.2 Å². The Kier molecular flexibility index (Phi) is 6.41. The minimum absolute atomic E-state index is 0.0727. The lowest BCUT2D eigenvalue weighted by molar-refractivity contribution is -0.0329. The highest BCUT2D eigenvalue weighted by Crippen LogP contribution is 2.31. The highest BCUT2D eigenvalue weighted by molar-refractivity contribution is 8.00. The first kappa shape index (κ1) is 16.9. The van der Waals surface area contributed by atoms with Gasteiger partial charge in [0.15, 0.2) is 11.5 Å². The fourth-order valence-electron chi connectivity index (χ4n) is 1.36. The maximum absolute atomic E-state index is 12.0. The molecule has 0 saturated carbocycles. The smallest absolute Gasteiger partial charge is 0.441 e. The Morgan fingerprint density at radius 2 is 2.00 bits per heavy atom. The molecule has 0 aliphatic heterocycles. The summed E-state index contributed by atoms with van der Waals surface area (Å²) in [6.07, 6.45) is 0. The number of halogens is 3. The normalized spacial score (nSPS) is 11.2. The molecule has 0 heterocycles. The number of hydrogen-bond donors (Lipinski definition) is 1. The predicted molar refractivity (Wildman–Crippen MR) is 77.5 cm³/mol. The Hall–Kier alpha value is -1.15. The van der Waals surface area contributed by atoms with Gasteiger partial charge < -0.3 is 15.2 Å². The van der Waals surface area contributed by atoms with Crippen molar-refractivity contribution in [2.24, 2.45) is 5.73 Å². The van der Waals surface area contributed by atoms with Crippen molar-refractivity contribution >= 4 is 29.0 Å². The van der Waals surface area contributed by atoms with Crippen molar-refractivity contribution in [1.29, 1.82) is 0 Å². The molecule has 0 saturated heterocycles. The Morgan fingerprint density at radius 3 is 2.55 bits per heavy atom. The standard InChI is InChI=1S/C12H14F3NO2S2/c1-2-17-10-7-8(11(16)19)3-4-9(10)18-5-6-20-12(13,14)15/h3-4,7H,2,5-6H2,1H3,(H2,16,19). The number of thiocarbonyl (C=S) groups is 1. The molecule has 3 nitrogen and oxygen atoms in total. The van der Waals surface area contributed by atoms with Gasteiger partial charge in [0.05, 0.1) is 13.2 Å². The largest absolute Gasteiger partial charge is 0.490 e. The van der Waals surface area contributed by atoms with Gasteiger partial charge >= 0.3 is 5.51 Å². The molecule has 1 rings (SSSR count). The molecule has 1 aromatic carbocycles. The lowest BCUT2D eigenvalue weighted by Crippen LogP contribution is -2.11. The van der Waals surface area contributed by atoms with Gasteiger partial charge in [0.25, 0.3) is 0 Å².